The largest absolute Gasteiger partial charge is 0.372 e. The molecule has 22 heavy (non-hydrogen) atoms. The Morgan fingerprint density at radius 1 is 1.14 bits per heavy atom. The lowest BCUT2D eigenvalue weighted by molar-refractivity contribution is -0.00537. The average Bonchev–Trinajstić information content (AvgIpc) is 2.34. The van der Waals surface area contributed by atoms with Crippen LogP contribution in [0.25, 0.3) is 0 Å². The third kappa shape index (κ3) is 3.78. The van der Waals surface area contributed by atoms with Crippen molar-refractivity contribution in [2.75, 3.05) is 24.2 Å². The summed E-state index contributed by atoms with van der Waals surface area (Å²) in [5.41, 5.74) is 0.469. The molecule has 2 N–H and O–H groups in total. The zero-order chi connectivity index (χ0) is 16.7. The van der Waals surface area contributed by atoms with Gasteiger partial charge >= 0.3 is 0 Å². The minimum atomic E-state index is -3.96. The fourth-order valence-electron chi connectivity index (χ4n) is 2.60. The van der Waals surface area contributed by atoms with E-state index in [4.69, 9.17) is 9.88 Å². The smallest absolute Gasteiger partial charge is 0.238 e. The van der Waals surface area contributed by atoms with E-state index in [9.17, 15) is 16.8 Å². The third-order valence-corrected chi connectivity index (χ3v) is 5.46. The summed E-state index contributed by atoms with van der Waals surface area (Å²) in [6, 6.07) is 3.93. The number of ether oxygens (including phenoxy) is 1. The molecule has 0 radical (unpaired) electrons. The van der Waals surface area contributed by atoms with Crippen molar-refractivity contribution < 1.29 is 21.6 Å². The summed E-state index contributed by atoms with van der Waals surface area (Å²) in [6.45, 7) is 4.87. The number of sulfone groups is 1. The van der Waals surface area contributed by atoms with Gasteiger partial charge in [0.05, 0.1) is 27.7 Å². The van der Waals surface area contributed by atoms with Gasteiger partial charge in [0.25, 0.3) is 0 Å². The lowest BCUT2D eigenvalue weighted by Crippen LogP contribution is -2.46. The molecule has 1 aromatic carbocycles. The Morgan fingerprint density at radius 2 is 1.68 bits per heavy atom. The number of hydrogen-bond donors (Lipinski definition) is 1. The van der Waals surface area contributed by atoms with Gasteiger partial charge in [-0.1, -0.05) is 0 Å². The van der Waals surface area contributed by atoms with Crippen LogP contribution in [0.4, 0.5) is 5.69 Å². The van der Waals surface area contributed by atoms with Crippen molar-refractivity contribution in [1.29, 1.82) is 0 Å². The molecule has 9 heteroatoms. The number of hydrogen-bond acceptors (Lipinski definition) is 6. The zero-order valence-electron chi connectivity index (χ0n) is 12.7. The van der Waals surface area contributed by atoms with Crippen molar-refractivity contribution in [3.63, 3.8) is 0 Å². The Morgan fingerprint density at radius 3 is 2.14 bits per heavy atom. The topological polar surface area (TPSA) is 107 Å². The maximum Gasteiger partial charge on any atom is 0.238 e. The molecule has 1 saturated heterocycles. The Bertz CT molecular complexity index is 764. The van der Waals surface area contributed by atoms with Crippen molar-refractivity contribution >= 4 is 25.5 Å². The highest BCUT2D eigenvalue weighted by Gasteiger charge is 2.27. The second-order valence-corrected chi connectivity index (χ2v) is 9.15. The molecule has 1 aliphatic heterocycles. The van der Waals surface area contributed by atoms with Crippen LogP contribution in [0, 0.1) is 0 Å². The maximum absolute atomic E-state index is 12.0. The number of nitrogens with two attached hydrogens (primary N) is 1. The highest BCUT2D eigenvalue weighted by atomic mass is 32.2. The van der Waals surface area contributed by atoms with Gasteiger partial charge in [-0.15, -0.1) is 0 Å². The predicted molar refractivity (Wildman–Crippen MR) is 83.1 cm³/mol. The van der Waals surface area contributed by atoms with E-state index in [1.165, 1.54) is 12.1 Å². The molecule has 0 spiro atoms. The predicted octanol–water partition coefficient (Wildman–Crippen LogP) is 0.351. The molecule has 1 heterocycles. The first-order valence-electron chi connectivity index (χ1n) is 6.76. The van der Waals surface area contributed by atoms with E-state index in [0.717, 1.165) is 12.3 Å². The molecule has 1 aromatic rings. The summed E-state index contributed by atoms with van der Waals surface area (Å²) in [6.07, 6.45) is 0.953. The van der Waals surface area contributed by atoms with Gasteiger partial charge in [0.1, 0.15) is 0 Å². The van der Waals surface area contributed by atoms with Crippen molar-refractivity contribution in [3.8, 4) is 0 Å². The van der Waals surface area contributed by atoms with E-state index in [2.05, 4.69) is 0 Å². The first-order valence-corrected chi connectivity index (χ1v) is 10.2. The molecule has 2 unspecified atom stereocenters. The molecule has 0 saturated carbocycles. The molecule has 1 fully saturated rings. The Hall–Kier alpha value is -1.16. The lowest BCUT2D eigenvalue weighted by Gasteiger charge is -2.37. The van der Waals surface area contributed by atoms with Crippen LogP contribution in [-0.4, -0.2) is 48.4 Å². The van der Waals surface area contributed by atoms with Crippen LogP contribution in [0.3, 0.4) is 0 Å². The summed E-state index contributed by atoms with van der Waals surface area (Å²) in [4.78, 5) is 1.63. The highest BCUT2D eigenvalue weighted by molar-refractivity contribution is 7.91. The number of anilines is 1. The molecule has 0 amide bonds. The monoisotopic (exact) mass is 348 g/mol. The van der Waals surface area contributed by atoms with Crippen LogP contribution in [0.1, 0.15) is 13.8 Å². The fourth-order valence-corrected chi connectivity index (χ4v) is 4.14. The Labute approximate surface area is 131 Å². The number of morpholine rings is 1. The van der Waals surface area contributed by atoms with E-state index in [1.807, 2.05) is 18.7 Å². The molecule has 0 aromatic heterocycles. The molecule has 1 aliphatic rings. The average molecular weight is 348 g/mol. The van der Waals surface area contributed by atoms with Crippen LogP contribution in [0.5, 0.6) is 0 Å². The summed E-state index contributed by atoms with van der Waals surface area (Å²) >= 11 is 0. The van der Waals surface area contributed by atoms with E-state index in [0.29, 0.717) is 18.8 Å². The van der Waals surface area contributed by atoms with E-state index < -0.39 is 19.9 Å². The van der Waals surface area contributed by atoms with E-state index in [-0.39, 0.29) is 22.0 Å². The summed E-state index contributed by atoms with van der Waals surface area (Å²) in [5.74, 6) is 0. The van der Waals surface area contributed by atoms with E-state index in [1.54, 1.807) is 0 Å². The summed E-state index contributed by atoms with van der Waals surface area (Å²) in [5, 5.41) is 5.09. The van der Waals surface area contributed by atoms with Crippen LogP contribution in [-0.2, 0) is 24.6 Å². The van der Waals surface area contributed by atoms with Gasteiger partial charge in [-0.25, -0.2) is 22.0 Å². The van der Waals surface area contributed by atoms with Crippen molar-refractivity contribution in [2.24, 2.45) is 5.14 Å². The Balaban J connectivity index is 2.56. The zero-order valence-corrected chi connectivity index (χ0v) is 14.3. The van der Waals surface area contributed by atoms with E-state index >= 15 is 0 Å². The molecule has 2 atom stereocenters. The minimum Gasteiger partial charge on any atom is -0.372 e. The Kier molecular flexibility index (Phi) is 4.54. The quantitative estimate of drug-likeness (QED) is 0.845. The number of rotatable bonds is 3. The van der Waals surface area contributed by atoms with Crippen LogP contribution >= 0.6 is 0 Å². The van der Waals surface area contributed by atoms with Crippen LogP contribution in [0.2, 0.25) is 0 Å². The normalized spacial score (nSPS) is 23.5. The molecule has 7 nitrogen and oxygen atoms in total. The van der Waals surface area contributed by atoms with Gasteiger partial charge in [-0.2, -0.15) is 0 Å². The maximum atomic E-state index is 12.0. The fraction of sp³-hybridized carbons (Fsp3) is 0.538. The molecular formula is C13H20N2O5S2. The molecule has 0 aliphatic carbocycles. The number of primary sulfonamides is 1. The van der Waals surface area contributed by atoms with Gasteiger partial charge in [-0.05, 0) is 32.0 Å². The van der Waals surface area contributed by atoms with Gasteiger partial charge in [0.2, 0.25) is 10.0 Å². The molecular weight excluding hydrogens is 328 g/mol. The second kappa shape index (κ2) is 5.80. The summed E-state index contributed by atoms with van der Waals surface area (Å²) in [7, 11) is -7.57. The third-order valence-electron chi connectivity index (χ3n) is 3.42. The molecule has 124 valence electrons. The number of benzene rings is 1. The van der Waals surface area contributed by atoms with Gasteiger partial charge < -0.3 is 9.64 Å². The number of nitrogens with zero attached hydrogens (tertiary/aromatic N) is 1. The van der Waals surface area contributed by atoms with Crippen molar-refractivity contribution in [1.82, 2.24) is 0 Å². The lowest BCUT2D eigenvalue weighted by atomic mass is 10.2. The summed E-state index contributed by atoms with van der Waals surface area (Å²) < 4.78 is 52.6. The standard InChI is InChI=1S/C13H20N2O5S2/c1-9-7-15(8-10(2)20-9)12-5-4-11(22(14,18)19)6-13(12)21(3,16)17/h4-6,9-10H,7-8H2,1-3H3,(H2,14,18,19). The highest BCUT2D eigenvalue weighted by Crippen LogP contribution is 2.30. The minimum absolute atomic E-state index is 0.0414. The SMILES string of the molecule is CC1CN(c2ccc(S(N)(=O)=O)cc2S(C)(=O)=O)CC(C)O1. The molecule has 0 bridgehead atoms. The molecule has 2 rings (SSSR count). The van der Waals surface area contributed by atoms with Crippen molar-refractivity contribution in [2.45, 2.75) is 35.8 Å². The van der Waals surface area contributed by atoms with Gasteiger partial charge in [0.15, 0.2) is 9.84 Å². The first-order chi connectivity index (χ1) is 9.98. The second-order valence-electron chi connectivity index (χ2n) is 5.61. The van der Waals surface area contributed by atoms with Crippen LogP contribution in [0.15, 0.2) is 28.0 Å². The van der Waals surface area contributed by atoms with Crippen LogP contribution < -0.4 is 10.0 Å². The van der Waals surface area contributed by atoms with Gasteiger partial charge in [-0.3, -0.25) is 0 Å². The van der Waals surface area contributed by atoms with Gasteiger partial charge in [0, 0.05) is 19.3 Å². The van der Waals surface area contributed by atoms with Crippen molar-refractivity contribution in [3.05, 3.63) is 18.2 Å². The number of sulfonamides is 1. The first kappa shape index (κ1) is 17.2.